The molecule has 1 aliphatic carbocycles. The van der Waals surface area contributed by atoms with E-state index in [9.17, 15) is 9.18 Å². The van der Waals surface area contributed by atoms with E-state index in [2.05, 4.69) is 9.98 Å². The maximum atomic E-state index is 13.2. The highest BCUT2D eigenvalue weighted by atomic mass is 19.1. The van der Waals surface area contributed by atoms with Crippen molar-refractivity contribution in [3.63, 3.8) is 0 Å². The summed E-state index contributed by atoms with van der Waals surface area (Å²) in [5, 5.41) is 0. The Balaban J connectivity index is 2.10. The lowest BCUT2D eigenvalue weighted by atomic mass is 9.96. The highest BCUT2D eigenvalue weighted by molar-refractivity contribution is 6.17. The van der Waals surface area contributed by atoms with E-state index in [4.69, 9.17) is 10.5 Å². The Morgan fingerprint density at radius 2 is 2.08 bits per heavy atom. The molecule has 1 aliphatic rings. The summed E-state index contributed by atoms with van der Waals surface area (Å²) in [5.41, 5.74) is 11.2. The molecular weight excluding hydrogens is 333 g/mol. The second-order valence-electron chi connectivity index (χ2n) is 6.13. The summed E-state index contributed by atoms with van der Waals surface area (Å²) in [5.74, 6) is -0.631. The van der Waals surface area contributed by atoms with Crippen LogP contribution in [0.25, 0.3) is 11.3 Å². The summed E-state index contributed by atoms with van der Waals surface area (Å²) in [6.45, 7) is 1.40. The van der Waals surface area contributed by atoms with Crippen molar-refractivity contribution in [3.05, 3.63) is 64.7 Å². The normalized spacial score (nSPS) is 17.1. The number of nitrogens with zero attached hydrogens (tertiary/aromatic N) is 1. The second-order valence-corrected chi connectivity index (χ2v) is 6.13. The van der Waals surface area contributed by atoms with Crippen molar-refractivity contribution < 1.29 is 18.9 Å². The van der Waals surface area contributed by atoms with E-state index >= 15 is 0 Å². The van der Waals surface area contributed by atoms with Gasteiger partial charge < -0.3 is 10.5 Å². The molecule has 1 unspecified atom stereocenters. The van der Waals surface area contributed by atoms with E-state index in [1.54, 1.807) is 25.4 Å². The molecule has 0 bridgehead atoms. The lowest BCUT2D eigenvalue weighted by Crippen LogP contribution is -2.63. The van der Waals surface area contributed by atoms with Crippen LogP contribution in [0.2, 0.25) is 0 Å². The molecule has 1 aromatic carbocycles. The van der Waals surface area contributed by atoms with Gasteiger partial charge in [0.1, 0.15) is 19.0 Å². The molecule has 0 spiro atoms. The molecule has 26 heavy (non-hydrogen) atoms. The second kappa shape index (κ2) is 7.47. The number of rotatable bonds is 4. The zero-order valence-corrected chi connectivity index (χ0v) is 14.8. The van der Waals surface area contributed by atoms with Crippen molar-refractivity contribution in [1.29, 1.82) is 0 Å². The Hall–Kier alpha value is -3.02. The SMILES string of the molecule is C[NH+]=CC(=C(N)c1ccc(F)cc1)c1ccnc2c1CCC2OC(C)=O. The van der Waals surface area contributed by atoms with Crippen LogP contribution in [-0.2, 0) is 16.0 Å². The first-order valence-corrected chi connectivity index (χ1v) is 8.42. The van der Waals surface area contributed by atoms with Gasteiger partial charge in [0, 0.05) is 13.1 Å². The molecule has 2 aromatic rings. The molecule has 1 aromatic heterocycles. The number of fused-ring (bicyclic) bond motifs is 1. The standard InChI is InChI=1S/C20H20FN3O2/c1-12(25)26-18-8-7-16-15(9-10-24-20(16)18)17(11-23-2)19(22)13-3-5-14(21)6-4-13/h3-6,9-11,18H,7-8,22H2,1-2H3/p+1. The molecule has 0 radical (unpaired) electrons. The zero-order valence-electron chi connectivity index (χ0n) is 14.8. The molecular formula is C20H21FN3O2+. The van der Waals surface area contributed by atoms with Crippen molar-refractivity contribution in [1.82, 2.24) is 4.98 Å². The lowest BCUT2D eigenvalue weighted by molar-refractivity contribution is -0.412. The quantitative estimate of drug-likeness (QED) is 0.642. The molecule has 1 atom stereocenters. The zero-order chi connectivity index (χ0) is 18.7. The molecule has 0 aliphatic heterocycles. The largest absolute Gasteiger partial charge is 0.456 e. The van der Waals surface area contributed by atoms with Gasteiger partial charge in [0.2, 0.25) is 0 Å². The van der Waals surface area contributed by atoms with Crippen LogP contribution >= 0.6 is 0 Å². The van der Waals surface area contributed by atoms with Gasteiger partial charge in [-0.3, -0.25) is 14.8 Å². The number of nitrogens with one attached hydrogen (secondary N) is 1. The summed E-state index contributed by atoms with van der Waals surface area (Å²) in [6, 6.07) is 7.96. The molecule has 3 N–H and O–H groups in total. The maximum absolute atomic E-state index is 13.2. The van der Waals surface area contributed by atoms with E-state index in [0.29, 0.717) is 12.1 Å². The van der Waals surface area contributed by atoms with E-state index < -0.39 is 0 Å². The third-order valence-electron chi connectivity index (χ3n) is 4.38. The number of halogens is 1. The Labute approximate surface area is 151 Å². The maximum Gasteiger partial charge on any atom is 0.303 e. The van der Waals surface area contributed by atoms with E-state index in [0.717, 1.165) is 34.4 Å². The number of carbonyl (C=O) groups is 1. The van der Waals surface area contributed by atoms with E-state index in [-0.39, 0.29) is 17.9 Å². The van der Waals surface area contributed by atoms with Gasteiger partial charge in [-0.1, -0.05) is 0 Å². The molecule has 3 rings (SSSR count). The summed E-state index contributed by atoms with van der Waals surface area (Å²) >= 11 is 0. The summed E-state index contributed by atoms with van der Waals surface area (Å²) in [6.07, 6.45) is 4.62. The van der Waals surface area contributed by atoms with Gasteiger partial charge >= 0.3 is 5.97 Å². The number of nitrogens with two attached hydrogens (primary N) is 1. The highest BCUT2D eigenvalue weighted by Gasteiger charge is 2.30. The third kappa shape index (κ3) is 3.49. The van der Waals surface area contributed by atoms with Crippen molar-refractivity contribution in [3.8, 4) is 0 Å². The van der Waals surface area contributed by atoms with Crippen LogP contribution in [0.4, 0.5) is 4.39 Å². The summed E-state index contributed by atoms with van der Waals surface area (Å²) in [7, 11) is 1.79. The fourth-order valence-electron chi connectivity index (χ4n) is 3.26. The van der Waals surface area contributed by atoms with Gasteiger partial charge in [-0.15, -0.1) is 0 Å². The Kier molecular flexibility index (Phi) is 5.11. The average molecular weight is 354 g/mol. The van der Waals surface area contributed by atoms with Gasteiger partial charge in [-0.05, 0) is 59.9 Å². The van der Waals surface area contributed by atoms with Crippen molar-refractivity contribution >= 4 is 23.5 Å². The minimum atomic E-state index is -0.328. The number of allylic oxidation sites excluding steroid dienone is 1. The highest BCUT2D eigenvalue weighted by Crippen LogP contribution is 2.37. The predicted molar refractivity (Wildman–Crippen MR) is 97.4 cm³/mol. The molecule has 0 amide bonds. The first kappa shape index (κ1) is 17.8. The molecule has 0 fully saturated rings. The number of carbonyl (C=O) groups excluding carboxylic acids is 1. The van der Waals surface area contributed by atoms with E-state index in [1.807, 2.05) is 12.3 Å². The number of hydrogen-bond donors (Lipinski definition) is 2. The number of hydrogen-bond acceptors (Lipinski definition) is 4. The van der Waals surface area contributed by atoms with Gasteiger partial charge in [-0.2, -0.15) is 0 Å². The molecule has 0 saturated heterocycles. The average Bonchev–Trinajstić information content (AvgIpc) is 3.02. The molecule has 134 valence electrons. The van der Waals surface area contributed by atoms with E-state index in [1.165, 1.54) is 19.1 Å². The van der Waals surface area contributed by atoms with Crippen LogP contribution in [0.1, 0.15) is 41.8 Å². The van der Waals surface area contributed by atoms with Crippen LogP contribution in [0.5, 0.6) is 0 Å². The van der Waals surface area contributed by atoms with Crippen molar-refractivity contribution in [2.45, 2.75) is 25.9 Å². The van der Waals surface area contributed by atoms with Crippen LogP contribution < -0.4 is 10.7 Å². The Morgan fingerprint density at radius 3 is 2.73 bits per heavy atom. The van der Waals surface area contributed by atoms with Gasteiger partial charge in [0.05, 0.1) is 17.0 Å². The number of aromatic nitrogens is 1. The monoisotopic (exact) mass is 354 g/mol. The van der Waals surface area contributed by atoms with Crippen LogP contribution in [0.3, 0.4) is 0 Å². The number of pyridine rings is 1. The van der Waals surface area contributed by atoms with Crippen molar-refractivity contribution in [2.24, 2.45) is 5.73 Å². The van der Waals surface area contributed by atoms with Crippen molar-refractivity contribution in [2.75, 3.05) is 7.05 Å². The smallest absolute Gasteiger partial charge is 0.303 e. The fourth-order valence-corrected chi connectivity index (χ4v) is 3.26. The topological polar surface area (TPSA) is 79.2 Å². The van der Waals surface area contributed by atoms with Crippen LogP contribution in [-0.4, -0.2) is 24.2 Å². The Bertz CT molecular complexity index is 888. The third-order valence-corrected chi connectivity index (χ3v) is 4.38. The van der Waals surface area contributed by atoms with Crippen LogP contribution in [0, 0.1) is 5.82 Å². The molecule has 6 heteroatoms. The van der Waals surface area contributed by atoms with Crippen LogP contribution in [0.15, 0.2) is 36.5 Å². The minimum Gasteiger partial charge on any atom is -0.456 e. The Morgan fingerprint density at radius 1 is 1.35 bits per heavy atom. The summed E-state index contributed by atoms with van der Waals surface area (Å²) < 4.78 is 18.6. The number of ether oxygens (including phenoxy) is 1. The van der Waals surface area contributed by atoms with Gasteiger partial charge in [0.15, 0.2) is 6.21 Å². The number of esters is 1. The first-order valence-electron chi connectivity index (χ1n) is 8.42. The van der Waals surface area contributed by atoms with Gasteiger partial charge in [0.25, 0.3) is 0 Å². The van der Waals surface area contributed by atoms with Gasteiger partial charge in [-0.25, -0.2) is 4.39 Å². The predicted octanol–water partition coefficient (Wildman–Crippen LogP) is 1.38. The number of benzene rings is 1. The molecule has 1 heterocycles. The fraction of sp³-hybridized carbons (Fsp3) is 0.250. The lowest BCUT2D eigenvalue weighted by Gasteiger charge is -2.13. The molecule has 0 saturated carbocycles. The summed E-state index contributed by atoms with van der Waals surface area (Å²) in [4.78, 5) is 18.8. The first-order chi connectivity index (χ1) is 12.5. The molecule has 5 nitrogen and oxygen atoms in total. The minimum absolute atomic E-state index is 0.310.